The Morgan fingerprint density at radius 3 is 2.27 bits per heavy atom. The molecule has 5 heteroatoms. The molecule has 0 aromatic heterocycles. The van der Waals surface area contributed by atoms with Gasteiger partial charge in [-0.25, -0.2) is 0 Å². The molecule has 2 aliphatic rings. The highest BCUT2D eigenvalue weighted by atomic mass is 16.5. The molecule has 5 nitrogen and oxygen atoms in total. The fourth-order valence-corrected chi connectivity index (χ4v) is 4.38. The smallest absolute Gasteiger partial charge is 0.254 e. The zero-order valence-electron chi connectivity index (χ0n) is 17.5. The van der Waals surface area contributed by atoms with Crippen molar-refractivity contribution >= 4 is 11.8 Å². The van der Waals surface area contributed by atoms with Gasteiger partial charge < -0.3 is 14.5 Å². The van der Waals surface area contributed by atoms with Gasteiger partial charge in [-0.1, -0.05) is 55.7 Å². The highest BCUT2D eigenvalue weighted by Crippen LogP contribution is 2.26. The fraction of sp³-hybridized carbons (Fsp3) is 0.440. The SMILES string of the molecule is O=C(c1cccc(OCc2ccccc2)c1)N1CCN(C(=O)C2CCCCC2)CC1. The number of hydrogen-bond donors (Lipinski definition) is 0. The number of rotatable bonds is 5. The molecule has 0 unspecified atom stereocenters. The Balaban J connectivity index is 1.31. The summed E-state index contributed by atoms with van der Waals surface area (Å²) in [6.07, 6.45) is 5.62. The molecule has 0 bridgehead atoms. The standard InChI is InChI=1S/C25H30N2O3/c28-24(21-10-5-2-6-11-21)26-14-16-27(17-15-26)25(29)22-12-7-13-23(18-22)30-19-20-8-3-1-4-9-20/h1,3-4,7-9,12-13,18,21H,2,5-6,10-11,14-17,19H2. The Labute approximate surface area is 178 Å². The van der Waals surface area contributed by atoms with Crippen molar-refractivity contribution in [1.29, 1.82) is 0 Å². The Hall–Kier alpha value is -2.82. The van der Waals surface area contributed by atoms with Crippen molar-refractivity contribution in [3.05, 3.63) is 65.7 Å². The average Bonchev–Trinajstić information content (AvgIpc) is 2.83. The third-order valence-electron chi connectivity index (χ3n) is 6.16. The summed E-state index contributed by atoms with van der Waals surface area (Å²) in [5.74, 6) is 1.18. The molecule has 1 aliphatic heterocycles. The molecule has 158 valence electrons. The minimum absolute atomic E-state index is 0.00456. The summed E-state index contributed by atoms with van der Waals surface area (Å²) in [7, 11) is 0. The van der Waals surface area contributed by atoms with Crippen LogP contribution in [0, 0.1) is 5.92 Å². The Bertz CT molecular complexity index is 854. The van der Waals surface area contributed by atoms with Crippen LogP contribution in [0.3, 0.4) is 0 Å². The van der Waals surface area contributed by atoms with E-state index >= 15 is 0 Å². The highest BCUT2D eigenvalue weighted by Gasteiger charge is 2.30. The van der Waals surface area contributed by atoms with E-state index in [9.17, 15) is 9.59 Å². The van der Waals surface area contributed by atoms with E-state index in [0.717, 1.165) is 31.2 Å². The third-order valence-corrected chi connectivity index (χ3v) is 6.16. The number of hydrogen-bond acceptors (Lipinski definition) is 3. The predicted molar refractivity (Wildman–Crippen MR) is 116 cm³/mol. The summed E-state index contributed by atoms with van der Waals surface area (Å²) < 4.78 is 5.86. The first-order valence-electron chi connectivity index (χ1n) is 11.1. The second-order valence-electron chi connectivity index (χ2n) is 8.25. The molecule has 30 heavy (non-hydrogen) atoms. The van der Waals surface area contributed by atoms with Crippen LogP contribution in [0.5, 0.6) is 5.75 Å². The van der Waals surface area contributed by atoms with Crippen LogP contribution in [0.25, 0.3) is 0 Å². The number of benzene rings is 2. The van der Waals surface area contributed by atoms with E-state index < -0.39 is 0 Å². The first-order chi connectivity index (χ1) is 14.7. The Kier molecular flexibility index (Phi) is 6.67. The number of carbonyl (C=O) groups excluding carboxylic acids is 2. The lowest BCUT2D eigenvalue weighted by Crippen LogP contribution is -2.52. The van der Waals surface area contributed by atoms with Crippen LogP contribution < -0.4 is 4.74 Å². The molecule has 2 fully saturated rings. The molecule has 1 saturated heterocycles. The van der Waals surface area contributed by atoms with Gasteiger partial charge in [0.1, 0.15) is 12.4 Å². The zero-order valence-corrected chi connectivity index (χ0v) is 17.5. The van der Waals surface area contributed by atoms with Gasteiger partial charge in [0.2, 0.25) is 5.91 Å². The van der Waals surface area contributed by atoms with Crippen LogP contribution in [0.2, 0.25) is 0 Å². The van der Waals surface area contributed by atoms with Crippen molar-refractivity contribution in [2.24, 2.45) is 5.92 Å². The summed E-state index contributed by atoms with van der Waals surface area (Å²) in [5, 5.41) is 0. The van der Waals surface area contributed by atoms with Crippen molar-refractivity contribution in [1.82, 2.24) is 9.80 Å². The Morgan fingerprint density at radius 2 is 1.53 bits per heavy atom. The van der Waals surface area contributed by atoms with Gasteiger partial charge in [-0.15, -0.1) is 0 Å². The molecule has 0 N–H and O–H groups in total. The molecule has 0 spiro atoms. The van der Waals surface area contributed by atoms with Gasteiger partial charge in [-0.3, -0.25) is 9.59 Å². The molecular formula is C25H30N2O3. The fourth-order valence-electron chi connectivity index (χ4n) is 4.38. The summed E-state index contributed by atoms with van der Waals surface area (Å²) in [4.78, 5) is 29.5. The number of piperazine rings is 1. The predicted octanol–water partition coefficient (Wildman–Crippen LogP) is 4.13. The monoisotopic (exact) mass is 406 g/mol. The topological polar surface area (TPSA) is 49.9 Å². The van der Waals surface area contributed by atoms with Gasteiger partial charge in [-0.2, -0.15) is 0 Å². The van der Waals surface area contributed by atoms with Crippen molar-refractivity contribution in [2.45, 2.75) is 38.7 Å². The van der Waals surface area contributed by atoms with Crippen LogP contribution in [-0.2, 0) is 11.4 Å². The number of carbonyl (C=O) groups is 2. The van der Waals surface area contributed by atoms with Crippen molar-refractivity contribution in [3.8, 4) is 5.75 Å². The average molecular weight is 407 g/mol. The molecular weight excluding hydrogens is 376 g/mol. The highest BCUT2D eigenvalue weighted by molar-refractivity contribution is 5.94. The largest absolute Gasteiger partial charge is 0.489 e. The maximum Gasteiger partial charge on any atom is 0.254 e. The normalized spacial score (nSPS) is 17.6. The molecule has 1 heterocycles. The van der Waals surface area contributed by atoms with Gasteiger partial charge in [0.15, 0.2) is 0 Å². The summed E-state index contributed by atoms with van der Waals surface area (Å²) in [6, 6.07) is 17.4. The summed E-state index contributed by atoms with van der Waals surface area (Å²) in [5.41, 5.74) is 1.72. The molecule has 4 rings (SSSR count). The first-order valence-corrected chi connectivity index (χ1v) is 11.1. The number of ether oxygens (including phenoxy) is 1. The Morgan fingerprint density at radius 1 is 0.833 bits per heavy atom. The second kappa shape index (κ2) is 9.79. The van der Waals surface area contributed by atoms with E-state index in [1.165, 1.54) is 6.42 Å². The second-order valence-corrected chi connectivity index (χ2v) is 8.25. The van der Waals surface area contributed by atoms with Gasteiger partial charge in [0, 0.05) is 37.7 Å². The van der Waals surface area contributed by atoms with Crippen LogP contribution in [-0.4, -0.2) is 47.8 Å². The van der Waals surface area contributed by atoms with E-state index in [2.05, 4.69) is 0 Å². The molecule has 2 amide bonds. The molecule has 1 aliphatic carbocycles. The minimum Gasteiger partial charge on any atom is -0.489 e. The van der Waals surface area contributed by atoms with Crippen LogP contribution in [0.1, 0.15) is 48.0 Å². The van der Waals surface area contributed by atoms with Crippen LogP contribution >= 0.6 is 0 Å². The lowest BCUT2D eigenvalue weighted by Gasteiger charge is -2.37. The number of nitrogens with zero attached hydrogens (tertiary/aromatic N) is 2. The van der Waals surface area contributed by atoms with Gasteiger partial charge >= 0.3 is 0 Å². The molecule has 2 aromatic carbocycles. The van der Waals surface area contributed by atoms with Crippen molar-refractivity contribution < 1.29 is 14.3 Å². The van der Waals surface area contributed by atoms with E-state index in [-0.39, 0.29) is 17.7 Å². The minimum atomic E-state index is 0.00456. The maximum atomic E-state index is 13.0. The zero-order chi connectivity index (χ0) is 20.8. The van der Waals surface area contributed by atoms with E-state index in [1.54, 1.807) is 0 Å². The van der Waals surface area contributed by atoms with Gasteiger partial charge in [-0.05, 0) is 36.6 Å². The molecule has 2 aromatic rings. The van der Waals surface area contributed by atoms with Crippen molar-refractivity contribution in [2.75, 3.05) is 26.2 Å². The first kappa shape index (κ1) is 20.5. The van der Waals surface area contributed by atoms with Crippen LogP contribution in [0.15, 0.2) is 54.6 Å². The number of amides is 2. The summed E-state index contributed by atoms with van der Waals surface area (Å²) >= 11 is 0. The molecule has 1 saturated carbocycles. The maximum absolute atomic E-state index is 13.0. The van der Waals surface area contributed by atoms with Crippen molar-refractivity contribution in [3.63, 3.8) is 0 Å². The summed E-state index contributed by atoms with van der Waals surface area (Å²) in [6.45, 7) is 2.91. The van der Waals surface area contributed by atoms with Gasteiger partial charge in [0.05, 0.1) is 0 Å². The quantitative estimate of drug-likeness (QED) is 0.750. The third kappa shape index (κ3) is 5.02. The molecule has 0 atom stereocenters. The van der Waals surface area contributed by atoms with Gasteiger partial charge in [0.25, 0.3) is 5.91 Å². The van der Waals surface area contributed by atoms with Crippen LogP contribution in [0.4, 0.5) is 0 Å². The van der Waals surface area contributed by atoms with E-state index in [4.69, 9.17) is 4.74 Å². The lowest BCUT2D eigenvalue weighted by atomic mass is 9.88. The lowest BCUT2D eigenvalue weighted by molar-refractivity contribution is -0.138. The molecule has 0 radical (unpaired) electrons. The van der Waals surface area contributed by atoms with E-state index in [0.29, 0.717) is 44.1 Å². The van der Waals surface area contributed by atoms with E-state index in [1.807, 2.05) is 64.4 Å².